The molecule has 0 saturated carbocycles. The van der Waals surface area contributed by atoms with Crippen molar-refractivity contribution in [1.82, 2.24) is 10.2 Å². The van der Waals surface area contributed by atoms with E-state index in [0.29, 0.717) is 5.89 Å². The number of carbonyl (C=O) groups is 1. The van der Waals surface area contributed by atoms with E-state index >= 15 is 0 Å². The molecule has 0 bridgehead atoms. The summed E-state index contributed by atoms with van der Waals surface area (Å²) in [6.07, 6.45) is -0.751. The van der Waals surface area contributed by atoms with Crippen molar-refractivity contribution >= 4 is 5.97 Å². The van der Waals surface area contributed by atoms with Crippen LogP contribution in [0.1, 0.15) is 24.5 Å². The van der Waals surface area contributed by atoms with Crippen molar-refractivity contribution in [1.29, 1.82) is 0 Å². The Morgan fingerprint density at radius 3 is 2.62 bits per heavy atom. The number of rotatable bonds is 6. The molecule has 6 nitrogen and oxygen atoms in total. The summed E-state index contributed by atoms with van der Waals surface area (Å²) >= 11 is 0. The number of hydrogen-bond acceptors (Lipinski definition) is 6. The summed E-state index contributed by atoms with van der Waals surface area (Å²) in [6.45, 7) is 3.16. The van der Waals surface area contributed by atoms with Gasteiger partial charge in [0.15, 0.2) is 24.3 Å². The summed E-state index contributed by atoms with van der Waals surface area (Å²) in [5, 5.41) is 7.87. The summed E-state index contributed by atoms with van der Waals surface area (Å²) in [6, 6.07) is 13.4. The van der Waals surface area contributed by atoms with Gasteiger partial charge >= 0.3 is 5.97 Å². The Morgan fingerprint density at radius 2 is 1.88 bits per heavy atom. The quantitative estimate of drug-likeness (QED) is 0.624. The third-order valence-corrected chi connectivity index (χ3v) is 3.58. The lowest BCUT2D eigenvalue weighted by atomic mass is 10.1. The molecule has 0 N–H and O–H groups in total. The fourth-order valence-electron chi connectivity index (χ4n) is 2.19. The van der Waals surface area contributed by atoms with E-state index in [9.17, 15) is 9.18 Å². The number of carbonyl (C=O) groups excluding carboxylic acids is 1. The van der Waals surface area contributed by atoms with Crippen LogP contribution in [0.4, 0.5) is 4.39 Å². The number of aromatic nitrogens is 2. The van der Waals surface area contributed by atoms with Gasteiger partial charge in [0.25, 0.3) is 5.89 Å². The SMILES string of the molecule is Cc1ccc(-c2nnc([C@@H](C)OC(=O)COc3ccccc3F)o2)cc1. The van der Waals surface area contributed by atoms with Gasteiger partial charge in [0.2, 0.25) is 5.89 Å². The van der Waals surface area contributed by atoms with Crippen LogP contribution in [0.5, 0.6) is 5.75 Å². The van der Waals surface area contributed by atoms with Gasteiger partial charge in [-0.05, 0) is 38.1 Å². The largest absolute Gasteiger partial charge is 0.479 e. The van der Waals surface area contributed by atoms with Gasteiger partial charge < -0.3 is 13.9 Å². The minimum absolute atomic E-state index is 0.0171. The van der Waals surface area contributed by atoms with Crippen LogP contribution in [0.3, 0.4) is 0 Å². The second-order valence-electron chi connectivity index (χ2n) is 5.66. The lowest BCUT2D eigenvalue weighted by molar-refractivity contribution is -0.152. The van der Waals surface area contributed by atoms with Crippen LogP contribution in [0.25, 0.3) is 11.5 Å². The Labute approximate surface area is 149 Å². The number of hydrogen-bond donors (Lipinski definition) is 0. The molecular weight excluding hydrogens is 339 g/mol. The predicted octanol–water partition coefficient (Wildman–Crippen LogP) is 3.87. The third kappa shape index (κ3) is 4.24. The summed E-state index contributed by atoms with van der Waals surface area (Å²) < 4.78 is 29.3. The highest BCUT2D eigenvalue weighted by atomic mass is 19.1. The lowest BCUT2D eigenvalue weighted by Gasteiger charge is -2.10. The van der Waals surface area contributed by atoms with Crippen LogP contribution in [0.2, 0.25) is 0 Å². The number of para-hydroxylation sites is 1. The summed E-state index contributed by atoms with van der Waals surface area (Å²) in [5.41, 5.74) is 1.89. The Morgan fingerprint density at radius 1 is 1.15 bits per heavy atom. The van der Waals surface area contributed by atoms with Crippen molar-refractivity contribution in [3.05, 3.63) is 65.8 Å². The highest BCUT2D eigenvalue weighted by molar-refractivity contribution is 5.71. The molecule has 26 heavy (non-hydrogen) atoms. The van der Waals surface area contributed by atoms with E-state index in [1.54, 1.807) is 13.0 Å². The number of esters is 1. The molecule has 0 radical (unpaired) electrons. The zero-order valence-corrected chi connectivity index (χ0v) is 14.3. The first-order valence-corrected chi connectivity index (χ1v) is 8.00. The topological polar surface area (TPSA) is 74.5 Å². The van der Waals surface area contributed by atoms with Gasteiger partial charge in [-0.25, -0.2) is 9.18 Å². The van der Waals surface area contributed by atoms with E-state index in [1.807, 2.05) is 31.2 Å². The van der Waals surface area contributed by atoms with Gasteiger partial charge in [-0.1, -0.05) is 29.8 Å². The molecule has 0 amide bonds. The van der Waals surface area contributed by atoms with Crippen LogP contribution in [-0.4, -0.2) is 22.8 Å². The molecule has 134 valence electrons. The smallest absolute Gasteiger partial charge is 0.344 e. The molecule has 1 aromatic heterocycles. The van der Waals surface area contributed by atoms with Gasteiger partial charge in [-0.2, -0.15) is 0 Å². The van der Waals surface area contributed by atoms with Crippen molar-refractivity contribution in [2.24, 2.45) is 0 Å². The summed E-state index contributed by atoms with van der Waals surface area (Å²) in [7, 11) is 0. The molecule has 2 aromatic carbocycles. The molecule has 0 spiro atoms. The molecule has 0 aliphatic heterocycles. The van der Waals surface area contributed by atoms with E-state index in [1.165, 1.54) is 18.2 Å². The second-order valence-corrected chi connectivity index (χ2v) is 5.66. The maximum atomic E-state index is 13.4. The van der Waals surface area contributed by atoms with Crippen LogP contribution in [0.15, 0.2) is 52.9 Å². The minimum Gasteiger partial charge on any atom is -0.479 e. The van der Waals surface area contributed by atoms with Crippen molar-refractivity contribution in [3.8, 4) is 17.2 Å². The average molecular weight is 356 g/mol. The van der Waals surface area contributed by atoms with Crippen molar-refractivity contribution in [3.63, 3.8) is 0 Å². The first-order valence-electron chi connectivity index (χ1n) is 8.00. The maximum absolute atomic E-state index is 13.4. The van der Waals surface area contributed by atoms with E-state index in [-0.39, 0.29) is 11.6 Å². The molecular formula is C19H17FN2O4. The first-order chi connectivity index (χ1) is 12.5. The first kappa shape index (κ1) is 17.6. The lowest BCUT2D eigenvalue weighted by Crippen LogP contribution is -2.17. The Bertz CT molecular complexity index is 893. The third-order valence-electron chi connectivity index (χ3n) is 3.58. The van der Waals surface area contributed by atoms with E-state index in [0.717, 1.165) is 11.1 Å². The number of halogens is 1. The summed E-state index contributed by atoms with van der Waals surface area (Å²) in [4.78, 5) is 11.9. The van der Waals surface area contributed by atoms with E-state index in [2.05, 4.69) is 10.2 Å². The van der Waals surface area contributed by atoms with Crippen LogP contribution in [0, 0.1) is 12.7 Å². The monoisotopic (exact) mass is 356 g/mol. The van der Waals surface area contributed by atoms with Crippen molar-refractivity contribution in [2.75, 3.05) is 6.61 Å². The molecule has 1 heterocycles. The van der Waals surface area contributed by atoms with Crippen LogP contribution < -0.4 is 4.74 Å². The second kappa shape index (κ2) is 7.77. The number of ether oxygens (including phenoxy) is 2. The Hall–Kier alpha value is -3.22. The standard InChI is InChI=1S/C19H17FN2O4/c1-12-7-9-14(10-8-12)19-22-21-18(26-19)13(2)25-17(23)11-24-16-6-4-3-5-15(16)20/h3-10,13H,11H2,1-2H3/t13-/m1/s1. The molecule has 0 fully saturated rings. The maximum Gasteiger partial charge on any atom is 0.344 e. The Balaban J connectivity index is 1.58. The number of benzene rings is 2. The number of aryl methyl sites for hydroxylation is 1. The molecule has 0 aliphatic rings. The molecule has 0 unspecified atom stereocenters. The van der Waals surface area contributed by atoms with Gasteiger partial charge in [-0.15, -0.1) is 10.2 Å². The van der Waals surface area contributed by atoms with E-state index < -0.39 is 24.5 Å². The van der Waals surface area contributed by atoms with Gasteiger partial charge in [0, 0.05) is 5.56 Å². The fraction of sp³-hybridized carbons (Fsp3) is 0.211. The zero-order valence-electron chi connectivity index (χ0n) is 14.3. The number of nitrogens with zero attached hydrogens (tertiary/aromatic N) is 2. The van der Waals surface area contributed by atoms with Crippen molar-refractivity contribution < 1.29 is 23.1 Å². The Kier molecular flexibility index (Phi) is 5.26. The highest BCUT2D eigenvalue weighted by Gasteiger charge is 2.19. The zero-order chi connectivity index (χ0) is 18.5. The minimum atomic E-state index is -0.751. The molecule has 7 heteroatoms. The summed E-state index contributed by atoms with van der Waals surface area (Å²) in [5.74, 6) is -0.731. The highest BCUT2D eigenvalue weighted by Crippen LogP contribution is 2.23. The average Bonchev–Trinajstić information content (AvgIpc) is 3.12. The molecule has 0 saturated heterocycles. The molecule has 1 atom stereocenters. The van der Waals surface area contributed by atoms with Gasteiger partial charge in [0.1, 0.15) is 0 Å². The van der Waals surface area contributed by atoms with Crippen molar-refractivity contribution in [2.45, 2.75) is 20.0 Å². The predicted molar refractivity (Wildman–Crippen MR) is 90.9 cm³/mol. The molecule has 3 aromatic rings. The molecule has 0 aliphatic carbocycles. The van der Waals surface area contributed by atoms with Gasteiger partial charge in [0.05, 0.1) is 0 Å². The fourth-order valence-corrected chi connectivity index (χ4v) is 2.19. The molecule has 3 rings (SSSR count). The van der Waals surface area contributed by atoms with Crippen LogP contribution >= 0.6 is 0 Å². The van der Waals surface area contributed by atoms with E-state index in [4.69, 9.17) is 13.9 Å². The normalized spacial score (nSPS) is 11.8. The van der Waals surface area contributed by atoms with Crippen LogP contribution in [-0.2, 0) is 9.53 Å². The van der Waals surface area contributed by atoms with Gasteiger partial charge in [-0.3, -0.25) is 0 Å².